The molecule has 1 saturated carbocycles. The second kappa shape index (κ2) is 6.09. The summed E-state index contributed by atoms with van der Waals surface area (Å²) in [6, 6.07) is -0.336. The van der Waals surface area contributed by atoms with Crippen LogP contribution in [0.2, 0.25) is 0 Å². The van der Waals surface area contributed by atoms with Crippen LogP contribution in [0, 0.1) is 5.92 Å². The average Bonchev–Trinajstić information content (AvgIpc) is 2.93. The van der Waals surface area contributed by atoms with E-state index in [9.17, 15) is 13.2 Å². The van der Waals surface area contributed by atoms with Crippen LogP contribution in [-0.2, 0) is 19.0 Å². The Kier molecular flexibility index (Phi) is 5.20. The highest BCUT2D eigenvalue weighted by molar-refractivity contribution is 7.85. The van der Waals surface area contributed by atoms with E-state index in [1.165, 1.54) is 0 Å². The van der Waals surface area contributed by atoms with Gasteiger partial charge < -0.3 is 10.1 Å². The minimum atomic E-state index is -3.50. The van der Waals surface area contributed by atoms with E-state index in [-0.39, 0.29) is 12.6 Å². The summed E-state index contributed by atoms with van der Waals surface area (Å²) in [5.41, 5.74) is -0.577. The predicted octanol–water partition coefficient (Wildman–Crippen LogP) is 1.66. The van der Waals surface area contributed by atoms with Gasteiger partial charge in [0, 0.05) is 0 Å². The lowest BCUT2D eigenvalue weighted by Gasteiger charge is -2.23. The fourth-order valence-corrected chi connectivity index (χ4v) is 2.02. The number of rotatable bonds is 6. The largest absolute Gasteiger partial charge is 0.444 e. The first kappa shape index (κ1) is 16.2. The normalized spacial score (nSPS) is 17.9. The molecule has 1 atom stereocenters. The minimum absolute atomic E-state index is 0.0470. The van der Waals surface area contributed by atoms with Gasteiger partial charge in [0.1, 0.15) is 5.60 Å². The van der Waals surface area contributed by atoms with E-state index in [4.69, 9.17) is 8.92 Å². The highest BCUT2D eigenvalue weighted by atomic mass is 32.2. The van der Waals surface area contributed by atoms with Gasteiger partial charge in [-0.1, -0.05) is 12.8 Å². The van der Waals surface area contributed by atoms with E-state index in [2.05, 4.69) is 5.32 Å². The summed E-state index contributed by atoms with van der Waals surface area (Å²) in [7, 11) is -3.50. The van der Waals surface area contributed by atoms with Crippen molar-refractivity contribution in [1.82, 2.24) is 5.32 Å². The Morgan fingerprint density at radius 3 is 2.37 bits per heavy atom. The minimum Gasteiger partial charge on any atom is -0.444 e. The van der Waals surface area contributed by atoms with E-state index in [0.29, 0.717) is 5.92 Å². The lowest BCUT2D eigenvalue weighted by Crippen LogP contribution is -2.42. The fourth-order valence-electron chi connectivity index (χ4n) is 1.60. The van der Waals surface area contributed by atoms with E-state index in [0.717, 1.165) is 25.5 Å². The van der Waals surface area contributed by atoms with Crippen LogP contribution in [0.5, 0.6) is 0 Å². The number of carbonyl (C=O) groups is 1. The molecule has 19 heavy (non-hydrogen) atoms. The number of ether oxygens (including phenoxy) is 1. The number of hydrogen-bond acceptors (Lipinski definition) is 5. The highest BCUT2D eigenvalue weighted by Gasteiger charge is 2.28. The highest BCUT2D eigenvalue weighted by Crippen LogP contribution is 2.33. The van der Waals surface area contributed by atoms with Crippen molar-refractivity contribution in [2.45, 2.75) is 51.7 Å². The molecule has 1 N–H and O–H groups in total. The van der Waals surface area contributed by atoms with Gasteiger partial charge in [-0.15, -0.1) is 0 Å². The molecule has 0 aliphatic heterocycles. The molecule has 0 spiro atoms. The molecule has 1 fully saturated rings. The van der Waals surface area contributed by atoms with Gasteiger partial charge >= 0.3 is 6.09 Å². The molecule has 1 aliphatic rings. The standard InChI is InChI=1S/C12H23NO5S/c1-12(2,3)18-11(14)13-10(7-9-5-6-9)8-17-19(4,15)16/h9-10H,5-8H2,1-4H3,(H,13,14)/t10-/m1/s1. The van der Waals surface area contributed by atoms with Crippen LogP contribution in [0.3, 0.4) is 0 Å². The summed E-state index contributed by atoms with van der Waals surface area (Å²) in [6.07, 6.45) is 3.40. The predicted molar refractivity (Wildman–Crippen MR) is 71.3 cm³/mol. The molecule has 0 radical (unpaired) electrons. The third-order valence-electron chi connectivity index (χ3n) is 2.52. The van der Waals surface area contributed by atoms with Crippen LogP contribution in [0.4, 0.5) is 4.79 Å². The first-order valence-electron chi connectivity index (χ1n) is 6.39. The van der Waals surface area contributed by atoms with Gasteiger partial charge in [-0.25, -0.2) is 4.79 Å². The van der Waals surface area contributed by atoms with Gasteiger partial charge in [0.05, 0.1) is 18.9 Å². The molecule has 1 amide bonds. The molecule has 1 aliphatic carbocycles. The Hall–Kier alpha value is -0.820. The summed E-state index contributed by atoms with van der Waals surface area (Å²) in [4.78, 5) is 11.7. The Morgan fingerprint density at radius 2 is 1.95 bits per heavy atom. The molecule has 0 aromatic heterocycles. The monoisotopic (exact) mass is 293 g/mol. The van der Waals surface area contributed by atoms with Crippen LogP contribution >= 0.6 is 0 Å². The summed E-state index contributed by atoms with van der Waals surface area (Å²) in [5.74, 6) is 0.545. The third-order valence-corrected chi connectivity index (χ3v) is 3.08. The maximum absolute atomic E-state index is 11.7. The Balaban J connectivity index is 2.46. The smallest absolute Gasteiger partial charge is 0.407 e. The Morgan fingerprint density at radius 1 is 1.37 bits per heavy atom. The SMILES string of the molecule is CC(C)(C)OC(=O)N[C@@H](COS(C)(=O)=O)CC1CC1. The molecular formula is C12H23NO5S. The maximum atomic E-state index is 11.7. The molecule has 112 valence electrons. The Bertz CT molecular complexity index is 408. The van der Waals surface area contributed by atoms with Gasteiger partial charge in [-0.3, -0.25) is 4.18 Å². The molecule has 0 heterocycles. The lowest BCUT2D eigenvalue weighted by molar-refractivity contribution is 0.0483. The molecule has 0 unspecified atom stereocenters. The zero-order chi connectivity index (χ0) is 14.7. The number of alkyl carbamates (subject to hydrolysis) is 1. The lowest BCUT2D eigenvalue weighted by atomic mass is 10.1. The first-order chi connectivity index (χ1) is 8.55. The summed E-state index contributed by atoms with van der Waals surface area (Å²) < 4.78 is 31.9. The molecule has 0 aromatic carbocycles. The van der Waals surface area contributed by atoms with Crippen molar-refractivity contribution in [2.24, 2.45) is 5.92 Å². The van der Waals surface area contributed by atoms with E-state index in [1.54, 1.807) is 20.8 Å². The van der Waals surface area contributed by atoms with E-state index in [1.807, 2.05) is 0 Å². The number of hydrogen-bond donors (Lipinski definition) is 1. The van der Waals surface area contributed by atoms with Crippen molar-refractivity contribution < 1.29 is 22.1 Å². The Labute approximate surface area is 115 Å². The quantitative estimate of drug-likeness (QED) is 0.753. The third kappa shape index (κ3) is 8.83. The van der Waals surface area contributed by atoms with Crippen LogP contribution in [-0.4, -0.2) is 39.0 Å². The maximum Gasteiger partial charge on any atom is 0.407 e. The zero-order valence-corrected chi connectivity index (χ0v) is 12.7. The summed E-state index contributed by atoms with van der Waals surface area (Å²) >= 11 is 0. The van der Waals surface area contributed by atoms with Crippen molar-refractivity contribution in [1.29, 1.82) is 0 Å². The van der Waals surface area contributed by atoms with Crippen LogP contribution in [0.15, 0.2) is 0 Å². The van der Waals surface area contributed by atoms with Crippen molar-refractivity contribution in [3.8, 4) is 0 Å². The van der Waals surface area contributed by atoms with Gasteiger partial charge in [-0.2, -0.15) is 8.42 Å². The van der Waals surface area contributed by atoms with E-state index >= 15 is 0 Å². The van der Waals surface area contributed by atoms with Crippen molar-refractivity contribution in [2.75, 3.05) is 12.9 Å². The topological polar surface area (TPSA) is 81.7 Å². The molecule has 0 aromatic rings. The van der Waals surface area contributed by atoms with Crippen molar-refractivity contribution >= 4 is 16.2 Å². The van der Waals surface area contributed by atoms with Gasteiger partial charge in [0.2, 0.25) is 0 Å². The molecule has 7 heteroatoms. The average molecular weight is 293 g/mol. The molecule has 0 saturated heterocycles. The molecular weight excluding hydrogens is 270 g/mol. The van der Waals surface area contributed by atoms with Crippen LogP contribution < -0.4 is 5.32 Å². The summed E-state index contributed by atoms with van der Waals surface area (Å²) in [6.45, 7) is 5.27. The first-order valence-corrected chi connectivity index (χ1v) is 8.21. The fraction of sp³-hybridized carbons (Fsp3) is 0.917. The number of carbonyl (C=O) groups excluding carboxylic acids is 1. The number of amides is 1. The summed E-state index contributed by atoms with van der Waals surface area (Å²) in [5, 5.41) is 2.67. The molecule has 1 rings (SSSR count). The molecule has 0 bridgehead atoms. The van der Waals surface area contributed by atoms with Crippen LogP contribution in [0.1, 0.15) is 40.0 Å². The van der Waals surface area contributed by atoms with Crippen LogP contribution in [0.25, 0.3) is 0 Å². The number of nitrogens with one attached hydrogen (secondary N) is 1. The van der Waals surface area contributed by atoms with E-state index < -0.39 is 21.8 Å². The molecule has 6 nitrogen and oxygen atoms in total. The zero-order valence-electron chi connectivity index (χ0n) is 11.9. The van der Waals surface area contributed by atoms with Gasteiger partial charge in [0.15, 0.2) is 0 Å². The van der Waals surface area contributed by atoms with Crippen molar-refractivity contribution in [3.63, 3.8) is 0 Å². The second-order valence-electron chi connectivity index (χ2n) is 6.01. The second-order valence-corrected chi connectivity index (χ2v) is 7.65. The van der Waals surface area contributed by atoms with Gasteiger partial charge in [-0.05, 0) is 33.1 Å². The van der Waals surface area contributed by atoms with Crippen molar-refractivity contribution in [3.05, 3.63) is 0 Å². The van der Waals surface area contributed by atoms with Gasteiger partial charge in [0.25, 0.3) is 10.1 Å².